The Kier molecular flexibility index (Phi) is 6.45. The number of hydrogen-bond acceptors (Lipinski definition) is 6. The van der Waals surface area contributed by atoms with E-state index in [4.69, 9.17) is 17.0 Å². The number of rotatable bonds is 7. The molecule has 3 aromatic rings. The van der Waals surface area contributed by atoms with Gasteiger partial charge in [0, 0.05) is 35.9 Å². The molecule has 6 nitrogen and oxygen atoms in total. The van der Waals surface area contributed by atoms with Crippen molar-refractivity contribution in [3.05, 3.63) is 59.2 Å². The zero-order valence-electron chi connectivity index (χ0n) is 15.9. The minimum Gasteiger partial charge on any atom is -0.388 e. The molecule has 0 unspecified atom stereocenters. The number of benzene rings is 2. The summed E-state index contributed by atoms with van der Waals surface area (Å²) in [5.41, 5.74) is 3.44. The monoisotopic (exact) mass is 412 g/mol. The molecule has 0 saturated carbocycles. The van der Waals surface area contributed by atoms with Crippen LogP contribution in [0.15, 0.2) is 48.7 Å². The molecule has 0 radical (unpaired) electrons. The highest BCUT2D eigenvalue weighted by atomic mass is 35.5. The first-order chi connectivity index (χ1) is 13.5. The SMILES string of the molecule is CNc1ccc(Nc2ncc(Cl)c(Nc3ccccc3P(C)C)n2)cc1C=N. The van der Waals surface area contributed by atoms with Gasteiger partial charge in [-0.2, -0.15) is 4.98 Å². The summed E-state index contributed by atoms with van der Waals surface area (Å²) in [7, 11) is 1.55. The molecule has 0 aliphatic rings. The minimum atomic E-state index is -0.272. The van der Waals surface area contributed by atoms with Crippen LogP contribution in [0.1, 0.15) is 5.56 Å². The third-order valence-corrected chi connectivity index (χ3v) is 5.75. The summed E-state index contributed by atoms with van der Waals surface area (Å²) in [4.78, 5) is 8.80. The molecule has 1 heterocycles. The number of anilines is 5. The highest BCUT2D eigenvalue weighted by Gasteiger charge is 2.11. The maximum atomic E-state index is 7.56. The molecule has 4 N–H and O–H groups in total. The Morgan fingerprint density at radius 3 is 2.57 bits per heavy atom. The normalized spacial score (nSPS) is 10.6. The van der Waals surface area contributed by atoms with Crippen LogP contribution in [0.3, 0.4) is 0 Å². The molecule has 0 bridgehead atoms. The molecule has 144 valence electrons. The third kappa shape index (κ3) is 4.58. The molecule has 0 aliphatic heterocycles. The fourth-order valence-electron chi connectivity index (χ4n) is 2.73. The van der Waals surface area contributed by atoms with Crippen molar-refractivity contribution in [3.63, 3.8) is 0 Å². The van der Waals surface area contributed by atoms with Gasteiger partial charge in [-0.1, -0.05) is 37.7 Å². The van der Waals surface area contributed by atoms with Gasteiger partial charge in [0.25, 0.3) is 0 Å². The van der Waals surface area contributed by atoms with Gasteiger partial charge in [-0.3, -0.25) is 0 Å². The van der Waals surface area contributed by atoms with Gasteiger partial charge in [0.1, 0.15) is 5.02 Å². The van der Waals surface area contributed by atoms with Crippen molar-refractivity contribution in [3.8, 4) is 0 Å². The maximum absolute atomic E-state index is 7.56. The number of para-hydroxylation sites is 1. The molecular weight excluding hydrogens is 391 g/mol. The van der Waals surface area contributed by atoms with Crippen LogP contribution in [0.2, 0.25) is 5.02 Å². The number of nitrogens with zero attached hydrogens (tertiary/aromatic N) is 2. The predicted octanol–water partition coefficient (Wildman–Crippen LogP) is 5.02. The Bertz CT molecular complexity index is 992. The van der Waals surface area contributed by atoms with Crippen LogP contribution in [0, 0.1) is 5.41 Å². The first kappa shape index (κ1) is 20.1. The van der Waals surface area contributed by atoms with E-state index in [1.54, 1.807) is 6.20 Å². The van der Waals surface area contributed by atoms with Crippen molar-refractivity contribution in [1.82, 2.24) is 9.97 Å². The Balaban J connectivity index is 1.87. The van der Waals surface area contributed by atoms with Crippen molar-refractivity contribution >= 4 is 59.9 Å². The summed E-state index contributed by atoms with van der Waals surface area (Å²) in [6.45, 7) is 4.42. The summed E-state index contributed by atoms with van der Waals surface area (Å²) in [5, 5.41) is 18.8. The molecule has 2 aromatic carbocycles. The minimum absolute atomic E-state index is 0.272. The zero-order valence-corrected chi connectivity index (χ0v) is 17.6. The van der Waals surface area contributed by atoms with E-state index in [2.05, 4.69) is 45.3 Å². The Labute approximate surface area is 171 Å². The summed E-state index contributed by atoms with van der Waals surface area (Å²) >= 11 is 6.32. The fourth-order valence-corrected chi connectivity index (χ4v) is 3.86. The standard InChI is InChI=1S/C20H22ClN6P/c1-23-16-9-8-14(10-13(16)11-22)25-20-24-12-15(21)19(27-20)26-17-6-4-5-7-18(17)28(2)3/h4-12,22-23H,1-3H3,(H2,24,25,26,27). The zero-order chi connectivity index (χ0) is 20.1. The van der Waals surface area contributed by atoms with Gasteiger partial charge in [-0.25, -0.2) is 4.98 Å². The van der Waals surface area contributed by atoms with Crippen LogP contribution >= 0.6 is 19.5 Å². The van der Waals surface area contributed by atoms with Gasteiger partial charge in [-0.05, 0) is 42.9 Å². The number of hydrogen-bond donors (Lipinski definition) is 4. The summed E-state index contributed by atoms with van der Waals surface area (Å²) in [6.07, 6.45) is 2.87. The lowest BCUT2D eigenvalue weighted by Crippen LogP contribution is -2.09. The third-order valence-electron chi connectivity index (χ3n) is 4.12. The molecule has 8 heteroatoms. The highest BCUT2D eigenvalue weighted by molar-refractivity contribution is 7.64. The Morgan fingerprint density at radius 1 is 1.07 bits per heavy atom. The molecule has 0 amide bonds. The molecule has 0 saturated heterocycles. The van der Waals surface area contributed by atoms with E-state index >= 15 is 0 Å². The largest absolute Gasteiger partial charge is 0.388 e. The van der Waals surface area contributed by atoms with E-state index in [0.29, 0.717) is 16.8 Å². The average Bonchev–Trinajstić information content (AvgIpc) is 2.70. The molecular formula is C20H22ClN6P. The molecule has 0 aliphatic carbocycles. The van der Waals surface area contributed by atoms with Gasteiger partial charge in [0.05, 0.1) is 6.20 Å². The van der Waals surface area contributed by atoms with Crippen molar-refractivity contribution in [1.29, 1.82) is 5.41 Å². The van der Waals surface area contributed by atoms with Crippen molar-refractivity contribution in [2.24, 2.45) is 0 Å². The quantitative estimate of drug-likeness (QED) is 0.323. The van der Waals surface area contributed by atoms with E-state index in [0.717, 1.165) is 22.6 Å². The van der Waals surface area contributed by atoms with Gasteiger partial charge in [-0.15, -0.1) is 0 Å². The smallest absolute Gasteiger partial charge is 0.229 e. The second-order valence-corrected chi connectivity index (χ2v) is 8.93. The average molecular weight is 413 g/mol. The highest BCUT2D eigenvalue weighted by Crippen LogP contribution is 2.31. The topological polar surface area (TPSA) is 85.7 Å². The lowest BCUT2D eigenvalue weighted by molar-refractivity contribution is 1.17. The van der Waals surface area contributed by atoms with Gasteiger partial charge < -0.3 is 21.4 Å². The summed E-state index contributed by atoms with van der Waals surface area (Å²) < 4.78 is 0. The van der Waals surface area contributed by atoms with E-state index < -0.39 is 0 Å². The lowest BCUT2D eigenvalue weighted by Gasteiger charge is -2.15. The maximum Gasteiger partial charge on any atom is 0.229 e. The van der Waals surface area contributed by atoms with Crippen LogP contribution in [0.25, 0.3) is 0 Å². The van der Waals surface area contributed by atoms with Crippen LogP contribution in [-0.2, 0) is 0 Å². The first-order valence-corrected chi connectivity index (χ1v) is 11.3. The molecule has 3 rings (SSSR count). The second-order valence-electron chi connectivity index (χ2n) is 6.25. The Hall–Kier alpha value is -2.69. The first-order valence-electron chi connectivity index (χ1n) is 8.67. The molecule has 0 fully saturated rings. The molecule has 28 heavy (non-hydrogen) atoms. The lowest BCUT2D eigenvalue weighted by atomic mass is 10.1. The summed E-state index contributed by atoms with van der Waals surface area (Å²) in [6, 6.07) is 13.8. The van der Waals surface area contributed by atoms with Gasteiger partial charge in [0.2, 0.25) is 5.95 Å². The molecule has 0 spiro atoms. The number of aromatic nitrogens is 2. The number of nitrogens with one attached hydrogen (secondary N) is 4. The van der Waals surface area contributed by atoms with Crippen LogP contribution < -0.4 is 21.3 Å². The van der Waals surface area contributed by atoms with E-state index in [9.17, 15) is 0 Å². The van der Waals surface area contributed by atoms with Crippen molar-refractivity contribution in [2.45, 2.75) is 0 Å². The van der Waals surface area contributed by atoms with Gasteiger partial charge in [0.15, 0.2) is 5.82 Å². The van der Waals surface area contributed by atoms with Crippen molar-refractivity contribution in [2.75, 3.05) is 36.3 Å². The van der Waals surface area contributed by atoms with Crippen LogP contribution in [0.5, 0.6) is 0 Å². The van der Waals surface area contributed by atoms with Crippen LogP contribution in [-0.4, -0.2) is 36.6 Å². The van der Waals surface area contributed by atoms with E-state index in [1.807, 2.05) is 43.4 Å². The Morgan fingerprint density at radius 2 is 1.86 bits per heavy atom. The predicted molar refractivity (Wildman–Crippen MR) is 122 cm³/mol. The number of halogens is 1. The van der Waals surface area contributed by atoms with Crippen LogP contribution in [0.4, 0.5) is 28.8 Å². The fraction of sp³-hybridized carbons (Fsp3) is 0.150. The summed E-state index contributed by atoms with van der Waals surface area (Å²) in [5.74, 6) is 0.968. The second kappa shape index (κ2) is 9.00. The molecule has 0 atom stereocenters. The van der Waals surface area contributed by atoms with E-state index in [-0.39, 0.29) is 7.92 Å². The molecule has 1 aromatic heterocycles. The van der Waals surface area contributed by atoms with Gasteiger partial charge >= 0.3 is 0 Å². The van der Waals surface area contributed by atoms with Crippen molar-refractivity contribution < 1.29 is 0 Å². The van der Waals surface area contributed by atoms with E-state index in [1.165, 1.54) is 11.5 Å².